The van der Waals surface area contributed by atoms with Gasteiger partial charge in [0.05, 0.1) is 149 Å². The minimum Gasteiger partial charge on any atom is -0.309 e. The van der Waals surface area contributed by atoms with E-state index in [-0.39, 0.29) is 78.5 Å². The topological polar surface area (TPSA) is 224 Å². The molecule has 0 radical (unpaired) electrons. The molecule has 0 bridgehead atoms. The first-order valence-corrected chi connectivity index (χ1v) is 28.4. The molecule has 0 spiro atoms. The van der Waals surface area contributed by atoms with E-state index in [1.807, 2.05) is 33.4 Å². The van der Waals surface area contributed by atoms with Crippen LogP contribution in [0, 0.1) is 102 Å². The second kappa shape index (κ2) is 22.9. The van der Waals surface area contributed by atoms with Crippen molar-refractivity contribution in [3.8, 4) is 133 Å². The average molecular weight is 1230 g/mol. The van der Waals surface area contributed by atoms with E-state index >= 15 is 0 Å². The van der Waals surface area contributed by atoms with Gasteiger partial charge >= 0.3 is 12.4 Å². The van der Waals surface area contributed by atoms with E-state index in [9.17, 15) is 73.7 Å². The second-order valence-corrected chi connectivity index (χ2v) is 21.9. The SMILES string of the molecule is N#Cc1ccc(-c2ccc3c(c2)c2cc(-c4ccc(C#N)cc4C#N)ccc2n3-c2ccc(-c3cc(C(F)(F)F)cc(C(F)(F)F)c3)cc2-c2c(C#N)cccc2-n2c3ccc(-c4ccc(C#N)cc4C#N)cc3c3cc(-c4ccc(C#N)cc4C#N)ccc32)c(C#N)c1. The molecule has 2 aromatic heterocycles. The second-order valence-electron chi connectivity index (χ2n) is 21.9. The smallest absolute Gasteiger partial charge is 0.309 e. The zero-order valence-electron chi connectivity index (χ0n) is 48.2. The van der Waals surface area contributed by atoms with Crippen LogP contribution in [0.3, 0.4) is 0 Å². The third-order valence-electron chi connectivity index (χ3n) is 16.7. The Morgan fingerprint density at radius 3 is 0.904 bits per heavy atom. The number of aromatic nitrogens is 2. The number of rotatable bonds is 8. The molecule has 11 aromatic carbocycles. The molecule has 0 fully saturated rings. The fraction of sp³-hybridized carbons (Fsp3) is 0.0260. The van der Waals surface area contributed by atoms with Crippen molar-refractivity contribution in [2.24, 2.45) is 0 Å². The van der Waals surface area contributed by atoms with Gasteiger partial charge in [0.25, 0.3) is 0 Å². The van der Waals surface area contributed by atoms with Crippen molar-refractivity contribution in [1.82, 2.24) is 9.13 Å². The summed E-state index contributed by atoms with van der Waals surface area (Å²) in [5.74, 6) is 0. The van der Waals surface area contributed by atoms with E-state index < -0.39 is 29.0 Å². The van der Waals surface area contributed by atoms with E-state index in [0.717, 1.165) is 0 Å². The average Bonchev–Trinajstić information content (AvgIpc) is 1.50. The summed E-state index contributed by atoms with van der Waals surface area (Å²) < 4.78 is 92.5. The molecule has 0 saturated heterocycles. The third-order valence-corrected chi connectivity index (χ3v) is 16.7. The van der Waals surface area contributed by atoms with Gasteiger partial charge < -0.3 is 9.13 Å². The number of alkyl halides is 6. The Kier molecular flexibility index (Phi) is 14.4. The maximum Gasteiger partial charge on any atom is 0.416 e. The Morgan fingerprint density at radius 1 is 0.255 bits per heavy atom. The van der Waals surface area contributed by atoms with Crippen LogP contribution in [0.2, 0.25) is 0 Å². The number of fused-ring (bicyclic) bond motifs is 6. The Labute approximate surface area is 530 Å². The summed E-state index contributed by atoms with van der Waals surface area (Å²) in [6, 6.07) is 70.4. The van der Waals surface area contributed by atoms with Crippen molar-refractivity contribution in [1.29, 1.82) is 47.4 Å². The number of hydrogen-bond donors (Lipinski definition) is 0. The highest BCUT2D eigenvalue weighted by Gasteiger charge is 2.37. The van der Waals surface area contributed by atoms with Gasteiger partial charge in [0.1, 0.15) is 0 Å². The van der Waals surface area contributed by atoms with Gasteiger partial charge in [0.15, 0.2) is 0 Å². The van der Waals surface area contributed by atoms with Gasteiger partial charge in [-0.2, -0.15) is 73.7 Å². The number of nitrogens with zero attached hydrogens (tertiary/aromatic N) is 11. The largest absolute Gasteiger partial charge is 0.416 e. The van der Waals surface area contributed by atoms with Crippen LogP contribution in [0.4, 0.5) is 26.3 Å². The lowest BCUT2D eigenvalue weighted by Crippen LogP contribution is -2.11. The molecule has 0 aliphatic heterocycles. The molecule has 13 rings (SSSR count). The maximum atomic E-state index is 14.8. The van der Waals surface area contributed by atoms with E-state index in [1.165, 1.54) is 42.5 Å². The molecule has 0 saturated carbocycles. The summed E-state index contributed by atoms with van der Waals surface area (Å²) in [6.07, 6.45) is -10.4. The minimum atomic E-state index is -5.22. The summed E-state index contributed by atoms with van der Waals surface area (Å²) in [6.45, 7) is 0. The van der Waals surface area contributed by atoms with Crippen molar-refractivity contribution >= 4 is 43.6 Å². The molecule has 11 nitrogen and oxygen atoms in total. The predicted molar refractivity (Wildman–Crippen MR) is 340 cm³/mol. The van der Waals surface area contributed by atoms with Crippen LogP contribution >= 0.6 is 0 Å². The standard InChI is InChI=1S/C77H33F6N11/c78-76(79,80)58-26-53(27-59(33-58)77(81,82)83)47-8-17-73(93-69-18-9-48(60-13-4-43(34-84)22-54(60)39-89)29-64(69)65-30-49(10-19-70(65)93)61-14-5-44(35-85)23-55(61)40-90)68(28-47)75-52(38-88)2-1-3-74(75)94-71-20-11-50(62-15-6-45(36-86)24-56(62)41-91)31-66(71)67-32-51(12-21-72(67)94)63-16-7-46(37-87)25-57(63)42-92/h1-33H. The van der Waals surface area contributed by atoms with Crippen molar-refractivity contribution in [2.45, 2.75) is 12.4 Å². The van der Waals surface area contributed by atoms with Gasteiger partial charge in [-0.1, -0.05) is 60.7 Å². The monoisotopic (exact) mass is 1230 g/mol. The van der Waals surface area contributed by atoms with E-state index in [1.54, 1.807) is 115 Å². The summed E-state index contributed by atoms with van der Waals surface area (Å²) in [5.41, 5.74) is 5.25. The summed E-state index contributed by atoms with van der Waals surface area (Å²) >= 11 is 0. The summed E-state index contributed by atoms with van der Waals surface area (Å²) in [5, 5.41) is 94.4. The normalized spacial score (nSPS) is 11.2. The first-order valence-electron chi connectivity index (χ1n) is 28.4. The fourth-order valence-corrected chi connectivity index (χ4v) is 12.4. The van der Waals surface area contributed by atoms with Gasteiger partial charge in [-0.3, -0.25) is 0 Å². The first kappa shape index (κ1) is 59.0. The molecule has 17 heteroatoms. The van der Waals surface area contributed by atoms with E-state index in [2.05, 4.69) is 54.6 Å². The number of benzene rings is 11. The molecule has 0 aliphatic rings. The van der Waals surface area contributed by atoms with Gasteiger partial charge in [-0.05, 0) is 195 Å². The lowest BCUT2D eigenvalue weighted by Gasteiger charge is -2.21. The molecule has 0 N–H and O–H groups in total. The molecule has 94 heavy (non-hydrogen) atoms. The summed E-state index contributed by atoms with van der Waals surface area (Å²) in [4.78, 5) is 0. The first-order chi connectivity index (χ1) is 45.4. The van der Waals surface area contributed by atoms with Crippen molar-refractivity contribution in [3.05, 3.63) is 261 Å². The highest BCUT2D eigenvalue weighted by molar-refractivity contribution is 6.14. The number of halogens is 6. The molecular formula is C77H33F6N11. The van der Waals surface area contributed by atoms with Gasteiger partial charge in [-0.15, -0.1) is 0 Å². The maximum absolute atomic E-state index is 14.8. The van der Waals surface area contributed by atoms with Gasteiger partial charge in [0, 0.05) is 32.7 Å². The molecular weight excluding hydrogens is 1190 g/mol. The Balaban J connectivity index is 1.15. The molecule has 2 heterocycles. The Hall–Kier alpha value is -14.0. The summed E-state index contributed by atoms with van der Waals surface area (Å²) in [7, 11) is 0. The fourth-order valence-electron chi connectivity index (χ4n) is 12.4. The Morgan fingerprint density at radius 2 is 0.585 bits per heavy atom. The minimum absolute atomic E-state index is 0.0201. The van der Waals surface area contributed by atoms with E-state index in [4.69, 9.17) is 0 Å². The molecule has 0 atom stereocenters. The zero-order chi connectivity index (χ0) is 65.9. The van der Waals surface area contributed by atoms with Crippen molar-refractivity contribution < 1.29 is 26.3 Å². The molecule has 0 aliphatic carbocycles. The Bertz CT molecular complexity index is 5620. The van der Waals surface area contributed by atoms with Crippen LogP contribution in [0.1, 0.15) is 61.2 Å². The quantitative estimate of drug-likeness (QED) is 0.132. The van der Waals surface area contributed by atoms with Crippen LogP contribution in [-0.2, 0) is 12.4 Å². The number of hydrogen-bond acceptors (Lipinski definition) is 9. The van der Waals surface area contributed by atoms with Gasteiger partial charge in [0.2, 0.25) is 0 Å². The molecule has 13 aromatic rings. The van der Waals surface area contributed by atoms with Gasteiger partial charge in [-0.25, -0.2) is 0 Å². The molecule has 0 amide bonds. The van der Waals surface area contributed by atoms with Crippen molar-refractivity contribution in [3.63, 3.8) is 0 Å². The van der Waals surface area contributed by atoms with Crippen LogP contribution in [0.25, 0.3) is 122 Å². The van der Waals surface area contributed by atoms with Crippen LogP contribution < -0.4 is 0 Å². The number of nitriles is 9. The lowest BCUT2D eigenvalue weighted by atomic mass is 9.91. The highest BCUT2D eigenvalue weighted by atomic mass is 19.4. The zero-order valence-corrected chi connectivity index (χ0v) is 48.2. The van der Waals surface area contributed by atoms with Crippen LogP contribution in [0.15, 0.2) is 200 Å². The van der Waals surface area contributed by atoms with Crippen LogP contribution in [0.5, 0.6) is 0 Å². The lowest BCUT2D eigenvalue weighted by molar-refractivity contribution is -0.143. The van der Waals surface area contributed by atoms with Crippen LogP contribution in [-0.4, -0.2) is 9.13 Å². The molecule has 438 valence electrons. The predicted octanol–water partition coefficient (Wildman–Crippen LogP) is 18.8. The molecule has 0 unspecified atom stereocenters. The highest BCUT2D eigenvalue weighted by Crippen LogP contribution is 2.48. The van der Waals surface area contributed by atoms with Crippen molar-refractivity contribution in [2.75, 3.05) is 0 Å². The van der Waals surface area contributed by atoms with E-state index in [0.29, 0.717) is 106 Å². The third kappa shape index (κ3) is 10.0.